The van der Waals surface area contributed by atoms with Gasteiger partial charge in [0.1, 0.15) is 0 Å². The first-order chi connectivity index (χ1) is 9.68. The lowest BCUT2D eigenvalue weighted by Crippen LogP contribution is -2.51. The molecule has 0 radical (unpaired) electrons. The van der Waals surface area contributed by atoms with Crippen molar-refractivity contribution in [2.75, 3.05) is 53.6 Å². The van der Waals surface area contributed by atoms with E-state index in [0.29, 0.717) is 12.5 Å². The number of halogens is 1. The van der Waals surface area contributed by atoms with Crippen LogP contribution in [0, 0.1) is 11.3 Å². The molecule has 2 fully saturated rings. The molecule has 0 aliphatic carbocycles. The first-order valence-corrected chi connectivity index (χ1v) is 7.71. The number of ether oxygens (including phenoxy) is 2. The average Bonchev–Trinajstić information content (AvgIpc) is 2.48. The highest BCUT2D eigenvalue weighted by Crippen LogP contribution is 2.31. The molecule has 2 aliphatic heterocycles. The van der Waals surface area contributed by atoms with Crippen LogP contribution in [0.5, 0.6) is 0 Å². The molecular formula is C15H29ClN2O3. The number of nitrogens with one attached hydrogen (secondary N) is 1. The highest BCUT2D eigenvalue weighted by Gasteiger charge is 2.41. The smallest absolute Gasteiger partial charge is 0.230 e. The van der Waals surface area contributed by atoms with Crippen LogP contribution >= 0.6 is 12.4 Å². The zero-order chi connectivity index (χ0) is 14.4. The second-order valence-electron chi connectivity index (χ2n) is 6.23. The van der Waals surface area contributed by atoms with E-state index in [1.807, 2.05) is 11.9 Å². The van der Waals surface area contributed by atoms with Crippen LogP contribution in [0.4, 0.5) is 0 Å². The van der Waals surface area contributed by atoms with E-state index in [9.17, 15) is 4.79 Å². The van der Waals surface area contributed by atoms with Gasteiger partial charge in [-0.3, -0.25) is 4.79 Å². The maximum absolute atomic E-state index is 12.9. The number of carbonyl (C=O) groups excluding carboxylic acids is 1. The van der Waals surface area contributed by atoms with Crippen LogP contribution in [0.15, 0.2) is 0 Å². The number of rotatable bonds is 5. The molecule has 2 heterocycles. The highest BCUT2D eigenvalue weighted by molar-refractivity contribution is 5.85. The molecule has 1 unspecified atom stereocenters. The minimum absolute atomic E-state index is 0. The van der Waals surface area contributed by atoms with Crippen molar-refractivity contribution in [3.05, 3.63) is 0 Å². The van der Waals surface area contributed by atoms with Crippen molar-refractivity contribution in [2.45, 2.75) is 25.7 Å². The summed E-state index contributed by atoms with van der Waals surface area (Å²) in [7, 11) is 3.61. The highest BCUT2D eigenvalue weighted by atomic mass is 35.5. The van der Waals surface area contributed by atoms with Gasteiger partial charge in [-0.25, -0.2) is 0 Å². The number of carbonyl (C=O) groups is 1. The number of piperidine rings is 1. The van der Waals surface area contributed by atoms with E-state index in [0.717, 1.165) is 58.5 Å². The van der Waals surface area contributed by atoms with Gasteiger partial charge in [-0.15, -0.1) is 12.4 Å². The van der Waals surface area contributed by atoms with Crippen LogP contribution in [0.25, 0.3) is 0 Å². The van der Waals surface area contributed by atoms with Crippen molar-refractivity contribution in [2.24, 2.45) is 11.3 Å². The van der Waals surface area contributed by atoms with Gasteiger partial charge in [0.15, 0.2) is 0 Å². The average molecular weight is 321 g/mol. The number of hydrogen-bond donors (Lipinski definition) is 1. The van der Waals surface area contributed by atoms with E-state index >= 15 is 0 Å². The molecule has 1 N–H and O–H groups in total. The summed E-state index contributed by atoms with van der Waals surface area (Å²) in [6.45, 7) is 4.78. The Morgan fingerprint density at radius 1 is 1.43 bits per heavy atom. The molecule has 0 spiro atoms. The Labute approximate surface area is 134 Å². The Morgan fingerprint density at radius 2 is 2.14 bits per heavy atom. The molecule has 5 nitrogen and oxygen atoms in total. The first kappa shape index (κ1) is 18.7. The van der Waals surface area contributed by atoms with Crippen molar-refractivity contribution < 1.29 is 14.3 Å². The lowest BCUT2D eigenvalue weighted by atomic mass is 9.78. The molecule has 1 atom stereocenters. The van der Waals surface area contributed by atoms with Crippen LogP contribution in [0.2, 0.25) is 0 Å². The second-order valence-corrected chi connectivity index (χ2v) is 6.23. The predicted octanol–water partition coefficient (Wildman–Crippen LogP) is 1.31. The Morgan fingerprint density at radius 3 is 2.71 bits per heavy atom. The summed E-state index contributed by atoms with van der Waals surface area (Å²) in [4.78, 5) is 14.8. The van der Waals surface area contributed by atoms with E-state index in [1.54, 1.807) is 7.11 Å². The lowest BCUT2D eigenvalue weighted by molar-refractivity contribution is -0.147. The lowest BCUT2D eigenvalue weighted by Gasteiger charge is -2.39. The number of nitrogens with zero attached hydrogens (tertiary/aromatic N) is 1. The quantitative estimate of drug-likeness (QED) is 0.830. The van der Waals surface area contributed by atoms with E-state index in [-0.39, 0.29) is 23.7 Å². The largest absolute Gasteiger partial charge is 0.384 e. The minimum atomic E-state index is -0.329. The summed E-state index contributed by atoms with van der Waals surface area (Å²) in [5.41, 5.74) is -0.329. The standard InChI is InChI=1S/C15H28N2O3.ClH/c1-17(10-13-4-3-9-20-11-13)14(18)15(12-19-2)5-7-16-8-6-15;/h13,16H,3-12H2,1-2H3;1H. The predicted molar refractivity (Wildman–Crippen MR) is 84.8 cm³/mol. The molecule has 1 amide bonds. The Kier molecular flexibility index (Phi) is 7.95. The van der Waals surface area contributed by atoms with Gasteiger partial charge in [-0.05, 0) is 44.7 Å². The molecule has 2 aliphatic rings. The maximum atomic E-state index is 12.9. The van der Waals surface area contributed by atoms with Crippen molar-refractivity contribution in [1.82, 2.24) is 10.2 Å². The topological polar surface area (TPSA) is 50.8 Å². The van der Waals surface area contributed by atoms with Crippen LogP contribution < -0.4 is 5.32 Å². The van der Waals surface area contributed by atoms with Crippen LogP contribution in [-0.4, -0.2) is 64.4 Å². The van der Waals surface area contributed by atoms with E-state index in [4.69, 9.17) is 9.47 Å². The number of amides is 1. The molecule has 21 heavy (non-hydrogen) atoms. The summed E-state index contributed by atoms with van der Waals surface area (Å²) in [6.07, 6.45) is 4.01. The van der Waals surface area contributed by atoms with E-state index < -0.39 is 0 Å². The molecule has 2 saturated heterocycles. The van der Waals surface area contributed by atoms with E-state index in [1.165, 1.54) is 0 Å². The van der Waals surface area contributed by atoms with Gasteiger partial charge in [0.2, 0.25) is 5.91 Å². The van der Waals surface area contributed by atoms with E-state index in [2.05, 4.69) is 5.32 Å². The fraction of sp³-hybridized carbons (Fsp3) is 0.933. The van der Waals surface area contributed by atoms with Crippen LogP contribution in [0.1, 0.15) is 25.7 Å². The van der Waals surface area contributed by atoms with Gasteiger partial charge in [0.05, 0.1) is 18.6 Å². The molecule has 0 aromatic heterocycles. The molecular weight excluding hydrogens is 292 g/mol. The van der Waals surface area contributed by atoms with Gasteiger partial charge in [-0.2, -0.15) is 0 Å². The van der Waals surface area contributed by atoms with Crippen LogP contribution in [0.3, 0.4) is 0 Å². The molecule has 0 bridgehead atoms. The van der Waals surface area contributed by atoms with Gasteiger partial charge >= 0.3 is 0 Å². The van der Waals surface area contributed by atoms with Crippen LogP contribution in [-0.2, 0) is 14.3 Å². The van der Waals surface area contributed by atoms with Gasteiger partial charge in [0, 0.05) is 27.3 Å². The minimum Gasteiger partial charge on any atom is -0.384 e. The Hall–Kier alpha value is -0.360. The summed E-state index contributed by atoms with van der Waals surface area (Å²) < 4.78 is 10.9. The van der Waals surface area contributed by atoms with Crippen molar-refractivity contribution in [3.8, 4) is 0 Å². The van der Waals surface area contributed by atoms with Crippen molar-refractivity contribution in [3.63, 3.8) is 0 Å². The maximum Gasteiger partial charge on any atom is 0.230 e. The number of methoxy groups -OCH3 is 1. The van der Waals surface area contributed by atoms with Crippen molar-refractivity contribution >= 4 is 18.3 Å². The summed E-state index contributed by atoms with van der Waals surface area (Å²) in [6, 6.07) is 0. The summed E-state index contributed by atoms with van der Waals surface area (Å²) >= 11 is 0. The third-order valence-electron chi connectivity index (χ3n) is 4.57. The first-order valence-electron chi connectivity index (χ1n) is 7.71. The monoisotopic (exact) mass is 320 g/mol. The SMILES string of the molecule is COCC1(C(=O)N(C)CC2CCCOC2)CCNCC1.Cl. The third-order valence-corrected chi connectivity index (χ3v) is 4.57. The molecule has 0 saturated carbocycles. The molecule has 2 rings (SSSR count). The molecule has 124 valence electrons. The summed E-state index contributed by atoms with van der Waals surface area (Å²) in [5, 5.41) is 3.33. The van der Waals surface area contributed by atoms with Crippen molar-refractivity contribution in [1.29, 1.82) is 0 Å². The zero-order valence-electron chi connectivity index (χ0n) is 13.2. The molecule has 6 heteroatoms. The normalized spacial score (nSPS) is 25.0. The fourth-order valence-electron chi connectivity index (χ4n) is 3.43. The third kappa shape index (κ3) is 4.81. The van der Waals surface area contributed by atoms with Gasteiger partial charge in [-0.1, -0.05) is 0 Å². The molecule has 0 aromatic carbocycles. The number of hydrogen-bond acceptors (Lipinski definition) is 4. The Balaban J connectivity index is 0.00000220. The summed E-state index contributed by atoms with van der Waals surface area (Å²) in [5.74, 6) is 0.727. The Bertz CT molecular complexity index is 311. The second kappa shape index (κ2) is 8.93. The van der Waals surface area contributed by atoms with Gasteiger partial charge < -0.3 is 19.7 Å². The van der Waals surface area contributed by atoms with Gasteiger partial charge in [0.25, 0.3) is 0 Å². The zero-order valence-corrected chi connectivity index (χ0v) is 14.0. The fourth-order valence-corrected chi connectivity index (χ4v) is 3.43. The molecule has 0 aromatic rings.